The summed E-state index contributed by atoms with van der Waals surface area (Å²) in [5.74, 6) is -0.263. The highest BCUT2D eigenvalue weighted by molar-refractivity contribution is 7.20. The van der Waals surface area contributed by atoms with Crippen LogP contribution in [0.1, 0.15) is 49.0 Å². The maximum absolute atomic E-state index is 12.6. The van der Waals surface area contributed by atoms with Gasteiger partial charge in [0, 0.05) is 25.7 Å². The van der Waals surface area contributed by atoms with Crippen LogP contribution in [0.5, 0.6) is 0 Å². The number of carbonyl (C=O) groups excluding carboxylic acids is 1. The van der Waals surface area contributed by atoms with E-state index >= 15 is 0 Å². The van der Waals surface area contributed by atoms with Gasteiger partial charge in [-0.3, -0.25) is 9.59 Å². The van der Waals surface area contributed by atoms with Gasteiger partial charge in [0.05, 0.1) is 0 Å². The summed E-state index contributed by atoms with van der Waals surface area (Å²) >= 11 is 1.37. The van der Waals surface area contributed by atoms with Crippen molar-refractivity contribution in [2.45, 2.75) is 38.5 Å². The van der Waals surface area contributed by atoms with Crippen molar-refractivity contribution >= 4 is 27.3 Å². The first-order valence-corrected chi connectivity index (χ1v) is 10.7. The van der Waals surface area contributed by atoms with Gasteiger partial charge in [-0.1, -0.05) is 17.8 Å². The van der Waals surface area contributed by atoms with E-state index in [2.05, 4.69) is 25.2 Å². The predicted molar refractivity (Wildman–Crippen MR) is 106 cm³/mol. The number of hydrogen-bond acceptors (Lipinski definition) is 7. The minimum Gasteiger partial charge on any atom is -0.351 e. The largest absolute Gasteiger partial charge is 0.351 e. The van der Waals surface area contributed by atoms with Crippen LogP contribution < -0.4 is 15.8 Å². The average Bonchev–Trinajstić information content (AvgIpc) is 3.34. The molecule has 0 aromatic carbocycles. The Morgan fingerprint density at radius 2 is 1.85 bits per heavy atom. The number of fused-ring (bicyclic) bond motifs is 1. The van der Waals surface area contributed by atoms with Gasteiger partial charge in [0.1, 0.15) is 5.69 Å². The van der Waals surface area contributed by atoms with E-state index in [1.807, 2.05) is 0 Å². The third kappa shape index (κ3) is 4.30. The summed E-state index contributed by atoms with van der Waals surface area (Å²) in [4.78, 5) is 33.7. The lowest BCUT2D eigenvalue weighted by Gasteiger charge is -2.26. The SMILES string of the molecule is O=C(NCCCN1CCCCC1)c1cc(=O)nc2sc(N3CCCC3)nn12. The zero-order chi connectivity index (χ0) is 18.6. The number of anilines is 1. The number of nitrogens with one attached hydrogen (secondary N) is 1. The smallest absolute Gasteiger partial charge is 0.274 e. The van der Waals surface area contributed by atoms with Gasteiger partial charge < -0.3 is 15.1 Å². The summed E-state index contributed by atoms with van der Waals surface area (Å²) in [5.41, 5.74) is -0.130. The number of rotatable bonds is 6. The molecule has 0 radical (unpaired) electrons. The van der Waals surface area contributed by atoms with Crippen molar-refractivity contribution in [2.24, 2.45) is 0 Å². The first-order chi connectivity index (χ1) is 13.2. The molecule has 27 heavy (non-hydrogen) atoms. The quantitative estimate of drug-likeness (QED) is 0.750. The standard InChI is InChI=1S/C18H26N6O2S/c25-15-13-14(16(26)19-7-6-10-22-8-2-1-3-9-22)24-17(20-15)27-18(21-24)23-11-4-5-12-23/h13H,1-12H2,(H,19,26). The molecule has 9 heteroatoms. The number of aromatic nitrogens is 3. The van der Waals surface area contributed by atoms with Crippen LogP contribution in [0.25, 0.3) is 4.96 Å². The van der Waals surface area contributed by atoms with E-state index in [4.69, 9.17) is 0 Å². The Labute approximate surface area is 162 Å². The summed E-state index contributed by atoms with van der Waals surface area (Å²) < 4.78 is 1.51. The monoisotopic (exact) mass is 390 g/mol. The molecule has 4 heterocycles. The molecule has 2 fully saturated rings. The van der Waals surface area contributed by atoms with Crippen LogP contribution in [-0.2, 0) is 0 Å². The number of carbonyl (C=O) groups is 1. The normalized spacial score (nSPS) is 18.3. The van der Waals surface area contributed by atoms with Crippen LogP contribution in [0.15, 0.2) is 10.9 Å². The molecular weight excluding hydrogens is 364 g/mol. The van der Waals surface area contributed by atoms with E-state index in [1.54, 1.807) is 0 Å². The molecule has 2 aliphatic heterocycles. The number of likely N-dealkylation sites (tertiary alicyclic amines) is 1. The van der Waals surface area contributed by atoms with Crippen molar-refractivity contribution in [3.8, 4) is 0 Å². The van der Waals surface area contributed by atoms with Crippen LogP contribution in [0.3, 0.4) is 0 Å². The van der Waals surface area contributed by atoms with E-state index in [0.717, 1.165) is 57.1 Å². The molecule has 2 aromatic heterocycles. The van der Waals surface area contributed by atoms with Crippen molar-refractivity contribution in [1.29, 1.82) is 0 Å². The minimum atomic E-state index is -0.398. The second-order valence-corrected chi connectivity index (χ2v) is 8.20. The maximum atomic E-state index is 12.6. The van der Waals surface area contributed by atoms with E-state index in [1.165, 1.54) is 41.2 Å². The highest BCUT2D eigenvalue weighted by Gasteiger charge is 2.20. The van der Waals surface area contributed by atoms with Gasteiger partial charge in [-0.15, -0.1) is 5.10 Å². The summed E-state index contributed by atoms with van der Waals surface area (Å²) in [6.45, 7) is 5.84. The molecule has 0 atom stereocenters. The second-order valence-electron chi connectivity index (χ2n) is 7.26. The minimum absolute atomic E-state index is 0.263. The van der Waals surface area contributed by atoms with Gasteiger partial charge in [0.15, 0.2) is 0 Å². The number of hydrogen-bond donors (Lipinski definition) is 1. The summed E-state index contributed by atoms with van der Waals surface area (Å²) in [7, 11) is 0. The van der Waals surface area contributed by atoms with E-state index in [0.29, 0.717) is 11.5 Å². The fourth-order valence-corrected chi connectivity index (χ4v) is 4.74. The Kier molecular flexibility index (Phi) is 5.68. The van der Waals surface area contributed by atoms with Crippen molar-refractivity contribution in [1.82, 2.24) is 24.8 Å². The molecule has 146 valence electrons. The molecular formula is C18H26N6O2S. The molecule has 1 N–H and O–H groups in total. The third-order valence-corrected chi connectivity index (χ3v) is 6.21. The van der Waals surface area contributed by atoms with E-state index in [9.17, 15) is 9.59 Å². The molecule has 1 amide bonds. The maximum Gasteiger partial charge on any atom is 0.274 e. The number of piperidine rings is 1. The van der Waals surface area contributed by atoms with Crippen LogP contribution in [-0.4, -0.2) is 64.7 Å². The predicted octanol–water partition coefficient (Wildman–Crippen LogP) is 1.36. The Morgan fingerprint density at radius 3 is 2.63 bits per heavy atom. The van der Waals surface area contributed by atoms with Crippen LogP contribution in [0.2, 0.25) is 0 Å². The molecule has 2 saturated heterocycles. The van der Waals surface area contributed by atoms with Crippen molar-refractivity contribution in [2.75, 3.05) is 44.2 Å². The summed E-state index contributed by atoms with van der Waals surface area (Å²) in [5, 5.41) is 8.31. The Bertz CT molecular complexity index is 851. The van der Waals surface area contributed by atoms with Crippen LogP contribution >= 0.6 is 11.3 Å². The second kappa shape index (κ2) is 8.35. The molecule has 2 aliphatic rings. The van der Waals surface area contributed by atoms with Crippen LogP contribution in [0.4, 0.5) is 5.13 Å². The van der Waals surface area contributed by atoms with Gasteiger partial charge in [0.25, 0.3) is 11.5 Å². The molecule has 8 nitrogen and oxygen atoms in total. The molecule has 0 aliphatic carbocycles. The molecule has 0 bridgehead atoms. The summed E-state index contributed by atoms with van der Waals surface area (Å²) in [6, 6.07) is 1.28. The first-order valence-electron chi connectivity index (χ1n) is 9.87. The third-order valence-electron chi connectivity index (χ3n) is 5.24. The molecule has 0 saturated carbocycles. The van der Waals surface area contributed by atoms with Gasteiger partial charge >= 0.3 is 0 Å². The highest BCUT2D eigenvalue weighted by atomic mass is 32.1. The van der Waals surface area contributed by atoms with Crippen molar-refractivity contribution < 1.29 is 4.79 Å². The number of amides is 1. The fraction of sp³-hybridized carbons (Fsp3) is 0.667. The Morgan fingerprint density at radius 1 is 1.11 bits per heavy atom. The van der Waals surface area contributed by atoms with Crippen molar-refractivity contribution in [3.05, 3.63) is 22.1 Å². The molecule has 2 aromatic rings. The zero-order valence-electron chi connectivity index (χ0n) is 15.5. The first kappa shape index (κ1) is 18.4. The number of nitrogens with zero attached hydrogens (tertiary/aromatic N) is 5. The lowest BCUT2D eigenvalue weighted by atomic mass is 10.1. The van der Waals surface area contributed by atoms with Gasteiger partial charge in [-0.05, 0) is 51.7 Å². The average molecular weight is 391 g/mol. The lowest BCUT2D eigenvalue weighted by molar-refractivity contribution is 0.0943. The Hall–Kier alpha value is -2.00. The molecule has 0 spiro atoms. The zero-order valence-corrected chi connectivity index (χ0v) is 16.3. The van der Waals surface area contributed by atoms with E-state index in [-0.39, 0.29) is 11.6 Å². The van der Waals surface area contributed by atoms with Crippen molar-refractivity contribution in [3.63, 3.8) is 0 Å². The van der Waals surface area contributed by atoms with Gasteiger partial charge in [0.2, 0.25) is 10.1 Å². The summed E-state index contributed by atoms with van der Waals surface area (Å²) in [6.07, 6.45) is 7.06. The van der Waals surface area contributed by atoms with Gasteiger partial charge in [-0.2, -0.15) is 9.50 Å². The molecule has 4 rings (SSSR count). The topological polar surface area (TPSA) is 82.8 Å². The Balaban J connectivity index is 1.41. The van der Waals surface area contributed by atoms with Crippen LogP contribution in [0, 0.1) is 0 Å². The van der Waals surface area contributed by atoms with Gasteiger partial charge in [-0.25, -0.2) is 0 Å². The highest BCUT2D eigenvalue weighted by Crippen LogP contribution is 2.25. The molecule has 0 unspecified atom stereocenters. The van der Waals surface area contributed by atoms with E-state index < -0.39 is 5.56 Å². The fourth-order valence-electron chi connectivity index (χ4n) is 3.78. The lowest BCUT2D eigenvalue weighted by Crippen LogP contribution is -2.34.